The van der Waals surface area contributed by atoms with Crippen LogP contribution >= 0.6 is 0 Å². The summed E-state index contributed by atoms with van der Waals surface area (Å²) in [7, 11) is 0. The summed E-state index contributed by atoms with van der Waals surface area (Å²) in [4.78, 5) is 13.7. The molecule has 0 spiro atoms. The molecular formula is C15H18N4. The molecule has 0 fully saturated rings. The molecule has 1 aliphatic rings. The first-order valence-corrected chi connectivity index (χ1v) is 6.68. The Labute approximate surface area is 113 Å². The molecule has 3 heterocycles. The summed E-state index contributed by atoms with van der Waals surface area (Å²) in [6.45, 7) is 8.15. The van der Waals surface area contributed by atoms with Crippen LogP contribution in [0.5, 0.6) is 0 Å². The molecular weight excluding hydrogens is 236 g/mol. The van der Waals surface area contributed by atoms with Gasteiger partial charge in [0.05, 0.1) is 11.4 Å². The number of aryl methyl sites for hydroxylation is 1. The highest BCUT2D eigenvalue weighted by atomic mass is 15.0. The van der Waals surface area contributed by atoms with Crippen molar-refractivity contribution in [1.82, 2.24) is 20.3 Å². The highest BCUT2D eigenvalue weighted by Crippen LogP contribution is 2.27. The quantitative estimate of drug-likeness (QED) is 0.895. The van der Waals surface area contributed by atoms with Crippen molar-refractivity contribution in [2.75, 3.05) is 0 Å². The standard InChI is InChI=1S/C15H18N4/c1-9(2)14-12-7-17-8-13(12)18-15(19-14)11-4-5-16-6-10(11)3/h4-6,9,17H,7-8H2,1-3H3. The number of hydrogen-bond acceptors (Lipinski definition) is 4. The largest absolute Gasteiger partial charge is 0.307 e. The fraction of sp³-hybridized carbons (Fsp3) is 0.400. The number of nitrogens with one attached hydrogen (secondary N) is 1. The van der Waals surface area contributed by atoms with Crippen LogP contribution in [0.15, 0.2) is 18.5 Å². The van der Waals surface area contributed by atoms with Crippen molar-refractivity contribution in [1.29, 1.82) is 0 Å². The molecule has 1 N–H and O–H groups in total. The molecule has 0 saturated carbocycles. The maximum Gasteiger partial charge on any atom is 0.160 e. The third kappa shape index (κ3) is 2.12. The molecule has 0 unspecified atom stereocenters. The topological polar surface area (TPSA) is 50.7 Å². The van der Waals surface area contributed by atoms with E-state index in [9.17, 15) is 0 Å². The first-order chi connectivity index (χ1) is 9.16. The number of rotatable bonds is 2. The second kappa shape index (κ2) is 4.70. The van der Waals surface area contributed by atoms with Gasteiger partial charge >= 0.3 is 0 Å². The average molecular weight is 254 g/mol. The van der Waals surface area contributed by atoms with Crippen LogP contribution in [-0.4, -0.2) is 15.0 Å². The van der Waals surface area contributed by atoms with Crippen molar-refractivity contribution >= 4 is 0 Å². The van der Waals surface area contributed by atoms with Gasteiger partial charge in [0, 0.05) is 36.6 Å². The normalized spacial score (nSPS) is 13.9. The fourth-order valence-electron chi connectivity index (χ4n) is 2.52. The molecule has 3 rings (SSSR count). The molecule has 0 aromatic carbocycles. The lowest BCUT2D eigenvalue weighted by atomic mass is 10.0. The van der Waals surface area contributed by atoms with Crippen molar-refractivity contribution in [3.8, 4) is 11.4 Å². The van der Waals surface area contributed by atoms with Gasteiger partial charge in [-0.3, -0.25) is 4.98 Å². The van der Waals surface area contributed by atoms with Gasteiger partial charge in [-0.1, -0.05) is 13.8 Å². The van der Waals surface area contributed by atoms with E-state index in [1.165, 1.54) is 11.3 Å². The summed E-state index contributed by atoms with van der Waals surface area (Å²) < 4.78 is 0. The minimum absolute atomic E-state index is 0.414. The molecule has 4 heteroatoms. The Hall–Kier alpha value is -1.81. The van der Waals surface area contributed by atoms with Crippen molar-refractivity contribution in [3.63, 3.8) is 0 Å². The van der Waals surface area contributed by atoms with Gasteiger partial charge in [-0.2, -0.15) is 0 Å². The van der Waals surface area contributed by atoms with Crippen LogP contribution in [-0.2, 0) is 13.1 Å². The van der Waals surface area contributed by atoms with Crippen LogP contribution in [0.2, 0.25) is 0 Å². The maximum atomic E-state index is 4.80. The summed E-state index contributed by atoms with van der Waals surface area (Å²) >= 11 is 0. The third-order valence-electron chi connectivity index (χ3n) is 3.53. The summed E-state index contributed by atoms with van der Waals surface area (Å²) in [5.41, 5.74) is 5.78. The number of pyridine rings is 1. The van der Waals surface area contributed by atoms with E-state index < -0.39 is 0 Å². The Morgan fingerprint density at radius 3 is 2.79 bits per heavy atom. The van der Waals surface area contributed by atoms with E-state index in [0.717, 1.165) is 35.7 Å². The maximum absolute atomic E-state index is 4.80. The number of nitrogens with zero attached hydrogens (tertiary/aromatic N) is 3. The van der Waals surface area contributed by atoms with Crippen LogP contribution in [0.1, 0.15) is 42.3 Å². The van der Waals surface area contributed by atoms with Crippen LogP contribution in [0.3, 0.4) is 0 Å². The van der Waals surface area contributed by atoms with E-state index in [2.05, 4.69) is 24.1 Å². The predicted octanol–water partition coefficient (Wildman–Crippen LogP) is 2.57. The van der Waals surface area contributed by atoms with Gasteiger partial charge in [0.1, 0.15) is 0 Å². The van der Waals surface area contributed by atoms with Crippen LogP contribution in [0.4, 0.5) is 0 Å². The monoisotopic (exact) mass is 254 g/mol. The Morgan fingerprint density at radius 1 is 1.21 bits per heavy atom. The van der Waals surface area contributed by atoms with Gasteiger partial charge in [-0.25, -0.2) is 9.97 Å². The van der Waals surface area contributed by atoms with Crippen LogP contribution in [0, 0.1) is 6.92 Å². The Balaban J connectivity index is 2.19. The Morgan fingerprint density at radius 2 is 2.05 bits per heavy atom. The molecule has 0 atom stereocenters. The van der Waals surface area contributed by atoms with E-state index in [0.29, 0.717) is 5.92 Å². The minimum atomic E-state index is 0.414. The third-order valence-corrected chi connectivity index (χ3v) is 3.53. The van der Waals surface area contributed by atoms with E-state index in [-0.39, 0.29) is 0 Å². The van der Waals surface area contributed by atoms with Crippen molar-refractivity contribution in [3.05, 3.63) is 41.0 Å². The lowest BCUT2D eigenvalue weighted by molar-refractivity contribution is 0.746. The fourth-order valence-corrected chi connectivity index (χ4v) is 2.52. The van der Waals surface area contributed by atoms with Crippen LogP contribution in [0.25, 0.3) is 11.4 Å². The predicted molar refractivity (Wildman–Crippen MR) is 74.6 cm³/mol. The zero-order valence-electron chi connectivity index (χ0n) is 11.6. The highest BCUT2D eigenvalue weighted by Gasteiger charge is 2.21. The van der Waals surface area contributed by atoms with Crippen molar-refractivity contribution in [2.45, 2.75) is 39.8 Å². The Bertz CT molecular complexity index is 620. The second-order valence-corrected chi connectivity index (χ2v) is 5.31. The van der Waals surface area contributed by atoms with Gasteiger partial charge in [0.15, 0.2) is 5.82 Å². The summed E-state index contributed by atoms with van der Waals surface area (Å²) in [5, 5.41) is 3.36. The van der Waals surface area contributed by atoms with Gasteiger partial charge in [-0.15, -0.1) is 0 Å². The minimum Gasteiger partial charge on any atom is -0.307 e. The molecule has 19 heavy (non-hydrogen) atoms. The highest BCUT2D eigenvalue weighted by molar-refractivity contribution is 5.59. The molecule has 0 aliphatic carbocycles. The summed E-state index contributed by atoms with van der Waals surface area (Å²) in [6, 6.07) is 1.99. The molecule has 1 aliphatic heterocycles. The average Bonchev–Trinajstić information content (AvgIpc) is 2.86. The Kier molecular flexibility index (Phi) is 3.03. The van der Waals surface area contributed by atoms with E-state index in [4.69, 9.17) is 9.97 Å². The lowest BCUT2D eigenvalue weighted by Crippen LogP contribution is -2.05. The van der Waals surface area contributed by atoms with Crippen molar-refractivity contribution in [2.24, 2.45) is 0 Å². The summed E-state index contributed by atoms with van der Waals surface area (Å²) in [6.07, 6.45) is 3.66. The van der Waals surface area contributed by atoms with Crippen molar-refractivity contribution < 1.29 is 0 Å². The molecule has 0 radical (unpaired) electrons. The van der Waals surface area contributed by atoms with E-state index in [1.54, 1.807) is 6.20 Å². The van der Waals surface area contributed by atoms with Crippen LogP contribution < -0.4 is 5.32 Å². The zero-order chi connectivity index (χ0) is 13.4. The molecule has 2 aromatic rings. The number of fused-ring (bicyclic) bond motifs is 1. The second-order valence-electron chi connectivity index (χ2n) is 5.31. The molecule has 2 aromatic heterocycles. The zero-order valence-corrected chi connectivity index (χ0v) is 11.6. The molecule has 0 bridgehead atoms. The molecule has 4 nitrogen and oxygen atoms in total. The van der Waals surface area contributed by atoms with Gasteiger partial charge in [0.25, 0.3) is 0 Å². The lowest BCUT2D eigenvalue weighted by Gasteiger charge is -2.13. The van der Waals surface area contributed by atoms with E-state index in [1.807, 2.05) is 19.2 Å². The number of aromatic nitrogens is 3. The first-order valence-electron chi connectivity index (χ1n) is 6.68. The smallest absolute Gasteiger partial charge is 0.160 e. The summed E-state index contributed by atoms with van der Waals surface area (Å²) in [5.74, 6) is 1.24. The molecule has 98 valence electrons. The molecule has 0 amide bonds. The molecule has 0 saturated heterocycles. The van der Waals surface area contributed by atoms with Gasteiger partial charge < -0.3 is 5.32 Å². The van der Waals surface area contributed by atoms with Gasteiger partial charge in [-0.05, 0) is 24.5 Å². The first kappa shape index (κ1) is 12.2. The van der Waals surface area contributed by atoms with E-state index >= 15 is 0 Å². The SMILES string of the molecule is Cc1cnccc1-c1nc2c(c(C(C)C)n1)CNC2. The van der Waals surface area contributed by atoms with Gasteiger partial charge in [0.2, 0.25) is 0 Å². The number of hydrogen-bond donors (Lipinski definition) is 1.